The summed E-state index contributed by atoms with van der Waals surface area (Å²) in [6.07, 6.45) is 4.79. The van der Waals surface area contributed by atoms with Gasteiger partial charge in [-0.3, -0.25) is 4.79 Å². The van der Waals surface area contributed by atoms with Crippen LogP contribution in [0.1, 0.15) is 36.7 Å². The zero-order valence-electron chi connectivity index (χ0n) is 13.5. The summed E-state index contributed by atoms with van der Waals surface area (Å²) in [6.45, 7) is 2.99. The van der Waals surface area contributed by atoms with Crippen LogP contribution in [0.4, 0.5) is 11.5 Å². The number of nitrogens with one attached hydrogen (secondary N) is 2. The predicted octanol–water partition coefficient (Wildman–Crippen LogP) is 3.34. The van der Waals surface area contributed by atoms with Gasteiger partial charge in [-0.25, -0.2) is 9.97 Å². The lowest BCUT2D eigenvalue weighted by atomic mass is 10.2. The molecule has 0 saturated heterocycles. The monoisotopic (exact) mass is 314 g/mol. The zero-order valence-corrected chi connectivity index (χ0v) is 13.5. The highest BCUT2D eigenvalue weighted by Gasteiger charge is 2.11. The molecule has 122 valence electrons. The minimum atomic E-state index is -0.298. The second-order valence-electron chi connectivity index (χ2n) is 5.08. The molecule has 0 atom stereocenters. The van der Waals surface area contributed by atoms with Crippen LogP contribution < -0.4 is 15.4 Å². The molecule has 0 aliphatic carbocycles. The maximum atomic E-state index is 12.3. The van der Waals surface area contributed by atoms with E-state index in [-0.39, 0.29) is 5.91 Å². The summed E-state index contributed by atoms with van der Waals surface area (Å²) < 4.78 is 5.22. The highest BCUT2D eigenvalue weighted by atomic mass is 16.5. The van der Waals surface area contributed by atoms with Crippen LogP contribution in [0.25, 0.3) is 0 Å². The Kier molecular flexibility index (Phi) is 6.35. The Balaban J connectivity index is 2.02. The van der Waals surface area contributed by atoms with E-state index in [2.05, 4.69) is 27.5 Å². The van der Waals surface area contributed by atoms with Gasteiger partial charge in [-0.2, -0.15) is 0 Å². The molecule has 0 aliphatic heterocycles. The number of hydrogen-bond donors (Lipinski definition) is 2. The number of nitrogens with zero attached hydrogens (tertiary/aromatic N) is 2. The Bertz CT molecular complexity index is 646. The summed E-state index contributed by atoms with van der Waals surface area (Å²) in [5.41, 5.74) is 0.917. The summed E-state index contributed by atoms with van der Waals surface area (Å²) in [6, 6.07) is 8.89. The molecule has 2 N–H and O–H groups in total. The normalized spacial score (nSPS) is 10.2. The van der Waals surface area contributed by atoms with E-state index in [4.69, 9.17) is 4.74 Å². The van der Waals surface area contributed by atoms with Crippen LogP contribution in [0.2, 0.25) is 0 Å². The van der Waals surface area contributed by atoms with Crippen LogP contribution in [0.15, 0.2) is 36.7 Å². The van der Waals surface area contributed by atoms with Crippen molar-refractivity contribution >= 4 is 17.4 Å². The quantitative estimate of drug-likeness (QED) is 0.731. The molecule has 2 rings (SSSR count). The number of hydrogen-bond acceptors (Lipinski definition) is 5. The van der Waals surface area contributed by atoms with Crippen molar-refractivity contribution in [1.29, 1.82) is 0 Å². The molecular weight excluding hydrogens is 292 g/mol. The van der Waals surface area contributed by atoms with Crippen LogP contribution in [-0.2, 0) is 0 Å². The fraction of sp³-hybridized carbons (Fsp3) is 0.353. The molecule has 0 fully saturated rings. The van der Waals surface area contributed by atoms with E-state index in [1.165, 1.54) is 12.7 Å². The Hall–Kier alpha value is -2.63. The molecule has 0 bridgehead atoms. The first-order chi connectivity index (χ1) is 11.2. The van der Waals surface area contributed by atoms with E-state index in [9.17, 15) is 4.79 Å². The van der Waals surface area contributed by atoms with Crippen LogP contribution in [-0.4, -0.2) is 29.5 Å². The molecule has 1 heterocycles. The second kappa shape index (κ2) is 8.73. The number of methoxy groups -OCH3 is 1. The number of para-hydroxylation sites is 2. The third-order valence-electron chi connectivity index (χ3n) is 3.34. The molecule has 6 heteroatoms. The molecule has 23 heavy (non-hydrogen) atoms. The van der Waals surface area contributed by atoms with Crippen LogP contribution in [0, 0.1) is 0 Å². The molecule has 0 aliphatic rings. The molecule has 1 amide bonds. The third kappa shape index (κ3) is 4.95. The molecule has 0 radical (unpaired) electrons. The molecule has 1 aromatic heterocycles. The van der Waals surface area contributed by atoms with Gasteiger partial charge in [0.05, 0.1) is 12.8 Å². The highest BCUT2D eigenvalue weighted by molar-refractivity contribution is 6.04. The van der Waals surface area contributed by atoms with E-state index in [0.717, 1.165) is 19.4 Å². The second-order valence-corrected chi connectivity index (χ2v) is 5.08. The van der Waals surface area contributed by atoms with Crippen LogP contribution in [0.5, 0.6) is 5.75 Å². The average Bonchev–Trinajstić information content (AvgIpc) is 2.59. The largest absolute Gasteiger partial charge is 0.495 e. The van der Waals surface area contributed by atoms with E-state index in [0.29, 0.717) is 22.9 Å². The third-order valence-corrected chi connectivity index (χ3v) is 3.34. The average molecular weight is 314 g/mol. The van der Waals surface area contributed by atoms with Crippen molar-refractivity contribution in [3.63, 3.8) is 0 Å². The van der Waals surface area contributed by atoms with Gasteiger partial charge in [0.15, 0.2) is 0 Å². The van der Waals surface area contributed by atoms with E-state index in [1.54, 1.807) is 25.3 Å². The van der Waals surface area contributed by atoms with Gasteiger partial charge in [0.25, 0.3) is 5.91 Å². The number of ether oxygens (including phenoxy) is 1. The van der Waals surface area contributed by atoms with Gasteiger partial charge in [-0.05, 0) is 18.6 Å². The SMILES string of the molecule is CCCCCNc1cc(C(=O)Nc2ccccc2OC)ncn1. The fourth-order valence-electron chi connectivity index (χ4n) is 2.10. The summed E-state index contributed by atoms with van der Waals surface area (Å²) >= 11 is 0. The number of benzene rings is 1. The lowest BCUT2D eigenvalue weighted by Gasteiger charge is -2.10. The topological polar surface area (TPSA) is 76.1 Å². The van der Waals surface area contributed by atoms with E-state index < -0.39 is 0 Å². The standard InChI is InChI=1S/C17H22N4O2/c1-3-4-7-10-18-16-11-14(19-12-20-16)17(22)21-13-8-5-6-9-15(13)23-2/h5-6,8-9,11-12H,3-4,7,10H2,1-2H3,(H,21,22)(H,18,19,20). The van der Waals surface area contributed by atoms with Crippen molar-refractivity contribution in [2.45, 2.75) is 26.2 Å². The van der Waals surface area contributed by atoms with Crippen molar-refractivity contribution in [2.24, 2.45) is 0 Å². The van der Waals surface area contributed by atoms with Crippen LogP contribution in [0.3, 0.4) is 0 Å². The van der Waals surface area contributed by atoms with Crippen molar-refractivity contribution in [2.75, 3.05) is 24.3 Å². The summed E-state index contributed by atoms with van der Waals surface area (Å²) in [7, 11) is 1.56. The first-order valence-electron chi connectivity index (χ1n) is 7.75. The van der Waals surface area contributed by atoms with Gasteiger partial charge in [-0.15, -0.1) is 0 Å². The Labute approximate surface area is 136 Å². The molecule has 1 aromatic carbocycles. The Morgan fingerprint density at radius 1 is 1.22 bits per heavy atom. The predicted molar refractivity (Wildman–Crippen MR) is 91.0 cm³/mol. The number of aromatic nitrogens is 2. The lowest BCUT2D eigenvalue weighted by molar-refractivity contribution is 0.102. The van der Waals surface area contributed by atoms with Crippen molar-refractivity contribution in [3.8, 4) is 5.75 Å². The highest BCUT2D eigenvalue weighted by Crippen LogP contribution is 2.23. The maximum Gasteiger partial charge on any atom is 0.274 e. The van der Waals surface area contributed by atoms with Crippen molar-refractivity contribution in [3.05, 3.63) is 42.4 Å². The van der Waals surface area contributed by atoms with Gasteiger partial charge in [-0.1, -0.05) is 31.9 Å². The lowest BCUT2D eigenvalue weighted by Crippen LogP contribution is -2.15. The Morgan fingerprint density at radius 3 is 2.83 bits per heavy atom. The first kappa shape index (κ1) is 16.7. The van der Waals surface area contributed by atoms with Crippen molar-refractivity contribution in [1.82, 2.24) is 9.97 Å². The van der Waals surface area contributed by atoms with Gasteiger partial charge in [0.1, 0.15) is 23.6 Å². The van der Waals surface area contributed by atoms with E-state index >= 15 is 0 Å². The number of carbonyl (C=O) groups is 1. The number of amides is 1. The smallest absolute Gasteiger partial charge is 0.274 e. The Morgan fingerprint density at radius 2 is 2.04 bits per heavy atom. The summed E-state index contributed by atoms with van der Waals surface area (Å²) in [4.78, 5) is 20.5. The fourth-order valence-corrected chi connectivity index (χ4v) is 2.10. The maximum absolute atomic E-state index is 12.3. The van der Waals surface area contributed by atoms with Gasteiger partial charge in [0, 0.05) is 12.6 Å². The number of rotatable bonds is 8. The van der Waals surface area contributed by atoms with Crippen molar-refractivity contribution < 1.29 is 9.53 Å². The molecule has 0 spiro atoms. The minimum absolute atomic E-state index is 0.298. The molecule has 2 aromatic rings. The summed E-state index contributed by atoms with van der Waals surface area (Å²) in [5, 5.41) is 6.00. The van der Waals surface area contributed by atoms with Gasteiger partial charge in [0.2, 0.25) is 0 Å². The summed E-state index contributed by atoms with van der Waals surface area (Å²) in [5.74, 6) is 0.961. The van der Waals surface area contributed by atoms with Crippen LogP contribution >= 0.6 is 0 Å². The van der Waals surface area contributed by atoms with Gasteiger partial charge < -0.3 is 15.4 Å². The van der Waals surface area contributed by atoms with E-state index in [1.807, 2.05) is 12.1 Å². The van der Waals surface area contributed by atoms with Gasteiger partial charge >= 0.3 is 0 Å². The zero-order chi connectivity index (χ0) is 16.5. The number of unbranched alkanes of at least 4 members (excludes halogenated alkanes) is 2. The minimum Gasteiger partial charge on any atom is -0.495 e. The number of carbonyl (C=O) groups excluding carboxylic acids is 1. The molecule has 0 saturated carbocycles. The molecule has 6 nitrogen and oxygen atoms in total. The first-order valence-corrected chi connectivity index (χ1v) is 7.75. The molecular formula is C17H22N4O2. The molecule has 0 unspecified atom stereocenters. The number of anilines is 2.